The molecule has 9 nitrogen and oxygen atoms in total. The average Bonchev–Trinajstić information content (AvgIpc) is 3.42. The lowest BCUT2D eigenvalue weighted by Crippen LogP contribution is -2.44. The normalized spacial score (nSPS) is 13.8. The number of carbonyl (C=O) groups is 3. The zero-order valence-corrected chi connectivity index (χ0v) is 50.7. The van der Waals surface area contributed by atoms with Crippen molar-refractivity contribution >= 4 is 17.9 Å². The third kappa shape index (κ3) is 60.7. The quantitative estimate of drug-likeness (QED) is 0.0195. The summed E-state index contributed by atoms with van der Waals surface area (Å²) in [6, 6.07) is 0. The van der Waals surface area contributed by atoms with E-state index in [2.05, 4.69) is 160 Å². The largest absolute Gasteiger partial charge is 0.545 e. The number of hydrogen-bond acceptors (Lipinski definition) is 8. The van der Waals surface area contributed by atoms with Gasteiger partial charge < -0.3 is 33.3 Å². The van der Waals surface area contributed by atoms with E-state index in [1.54, 1.807) is 0 Å². The van der Waals surface area contributed by atoms with Crippen LogP contribution in [0.5, 0.6) is 0 Å². The van der Waals surface area contributed by atoms with E-state index >= 15 is 0 Å². The number of aliphatic carboxylic acids is 1. The summed E-state index contributed by atoms with van der Waals surface area (Å²) in [7, 11) is 5.90. The Morgan fingerprint density at radius 2 is 0.722 bits per heavy atom. The lowest BCUT2D eigenvalue weighted by Gasteiger charge is -2.26. The smallest absolute Gasteiger partial charge is 0.306 e. The molecule has 2 unspecified atom stereocenters. The van der Waals surface area contributed by atoms with Gasteiger partial charge in [0.15, 0.2) is 12.4 Å². The van der Waals surface area contributed by atoms with Crippen molar-refractivity contribution in [2.45, 2.75) is 232 Å². The number of quaternary nitrogens is 1. The van der Waals surface area contributed by atoms with Crippen LogP contribution in [0.1, 0.15) is 219 Å². The number of esters is 2. The van der Waals surface area contributed by atoms with Crippen molar-refractivity contribution in [3.05, 3.63) is 146 Å². The van der Waals surface area contributed by atoms with Crippen molar-refractivity contribution in [2.24, 2.45) is 0 Å². The Morgan fingerprint density at radius 3 is 1.10 bits per heavy atom. The molecule has 0 amide bonds. The summed E-state index contributed by atoms with van der Waals surface area (Å²) >= 11 is 0. The van der Waals surface area contributed by atoms with Gasteiger partial charge in [-0.1, -0.05) is 230 Å². The first kappa shape index (κ1) is 74.2. The average molecular weight is 1100 g/mol. The van der Waals surface area contributed by atoms with Gasteiger partial charge in [0.2, 0.25) is 0 Å². The number of hydrogen-bond donors (Lipinski definition) is 0. The third-order valence-electron chi connectivity index (χ3n) is 12.6. The molecule has 0 aliphatic carbocycles. The fourth-order valence-electron chi connectivity index (χ4n) is 7.83. The molecule has 0 rings (SSSR count). The van der Waals surface area contributed by atoms with E-state index in [4.69, 9.17) is 18.9 Å². The molecule has 0 aromatic carbocycles. The number of ether oxygens (including phenoxy) is 4. The standard InChI is InChI=1S/C70H113NO8/c1-6-8-10-12-14-16-18-20-22-24-25-26-27-28-29-30-31-32-33-34-35-36-37-38-39-40-41-42-43-45-47-49-51-53-55-57-59-61-68(73)79-66(65-78-70(69(74)75)76-63-62-71(3,4)5)64-77-67(72)60-58-56-54-52-50-48-46-44-23-21-19-17-15-13-11-9-7-2/h8,10,14,16,20-23,25-26,28-29,31-32,34-35,37-38,40-41,43,45,49,51,66,70H,6-7,9,11-13,15,17-19,24,27,30,33,36,39,42,44,46-48,50,52-65H2,1-5H3/b10-8-,16-14-,22-20-,23-21-,26-25-,29-28-,32-31-,35-34-,38-37-,41-40-,45-43-,51-49-. The van der Waals surface area contributed by atoms with Gasteiger partial charge >= 0.3 is 11.9 Å². The van der Waals surface area contributed by atoms with Crippen LogP contribution in [-0.2, 0) is 33.3 Å². The molecular formula is C70H113NO8. The number of nitrogens with zero attached hydrogens (tertiary/aromatic N) is 1. The van der Waals surface area contributed by atoms with Crippen LogP contribution in [0.4, 0.5) is 0 Å². The zero-order valence-electron chi connectivity index (χ0n) is 50.7. The lowest BCUT2D eigenvalue weighted by atomic mass is 10.1. The van der Waals surface area contributed by atoms with E-state index in [0.29, 0.717) is 17.4 Å². The van der Waals surface area contributed by atoms with Crippen LogP contribution in [0.3, 0.4) is 0 Å². The number of unbranched alkanes of at least 4 members (excludes halogenated alkanes) is 16. The van der Waals surface area contributed by atoms with E-state index < -0.39 is 24.3 Å². The van der Waals surface area contributed by atoms with Crippen LogP contribution in [0.25, 0.3) is 0 Å². The Hall–Kier alpha value is -4.83. The Balaban J connectivity index is 4.31. The summed E-state index contributed by atoms with van der Waals surface area (Å²) in [6.45, 7) is 4.57. The summed E-state index contributed by atoms with van der Waals surface area (Å²) < 4.78 is 22.6. The minimum absolute atomic E-state index is 0.133. The molecule has 2 atom stereocenters. The SMILES string of the molecule is CC/C=C\C/C=C\C/C=C\C/C=C\C/C=C\C/C=C\C/C=C\C/C=C\C/C=C\C/C=C\C/C=C\CCCCCC(=O)OC(COC(=O)CCCCCCCCC/C=C\CCCCCCCC)COC(OCC[N+](C)(C)C)C(=O)[O-]. The first-order chi connectivity index (χ1) is 38.6. The van der Waals surface area contributed by atoms with Crippen molar-refractivity contribution in [3.8, 4) is 0 Å². The Labute approximate surface area is 483 Å². The van der Waals surface area contributed by atoms with Crippen molar-refractivity contribution in [1.82, 2.24) is 0 Å². The maximum absolute atomic E-state index is 12.9. The summed E-state index contributed by atoms with van der Waals surface area (Å²) in [4.78, 5) is 37.3. The van der Waals surface area contributed by atoms with Gasteiger partial charge in [-0.05, 0) is 122 Å². The van der Waals surface area contributed by atoms with Crippen molar-refractivity contribution in [2.75, 3.05) is 47.5 Å². The van der Waals surface area contributed by atoms with Crippen molar-refractivity contribution in [3.63, 3.8) is 0 Å². The predicted molar refractivity (Wildman–Crippen MR) is 333 cm³/mol. The molecule has 0 aromatic rings. The number of likely N-dealkylation sites (N-methyl/N-ethyl adjacent to an activating group) is 1. The molecule has 0 bridgehead atoms. The van der Waals surface area contributed by atoms with Gasteiger partial charge in [0.25, 0.3) is 0 Å². The topological polar surface area (TPSA) is 111 Å². The van der Waals surface area contributed by atoms with E-state index in [1.165, 1.54) is 64.2 Å². The van der Waals surface area contributed by atoms with Gasteiger partial charge in [-0.15, -0.1) is 0 Å². The molecule has 79 heavy (non-hydrogen) atoms. The van der Waals surface area contributed by atoms with Crippen molar-refractivity contribution in [1.29, 1.82) is 0 Å². The molecule has 0 heterocycles. The molecule has 0 aromatic heterocycles. The van der Waals surface area contributed by atoms with Crippen LogP contribution >= 0.6 is 0 Å². The van der Waals surface area contributed by atoms with Gasteiger partial charge in [0.1, 0.15) is 13.2 Å². The molecule has 0 saturated carbocycles. The summed E-state index contributed by atoms with van der Waals surface area (Å²) in [5.41, 5.74) is 0. The number of allylic oxidation sites excluding steroid dienone is 24. The summed E-state index contributed by atoms with van der Waals surface area (Å²) in [6.07, 6.45) is 83.3. The number of carboxylic acid groups (broad SMARTS) is 1. The van der Waals surface area contributed by atoms with Gasteiger partial charge in [-0.25, -0.2) is 0 Å². The molecule has 0 aliphatic rings. The predicted octanol–water partition coefficient (Wildman–Crippen LogP) is 17.5. The van der Waals surface area contributed by atoms with Crippen LogP contribution in [0.15, 0.2) is 146 Å². The number of carboxylic acids is 1. The highest BCUT2D eigenvalue weighted by Crippen LogP contribution is 2.14. The van der Waals surface area contributed by atoms with Crippen LogP contribution in [0.2, 0.25) is 0 Å². The molecule has 0 saturated heterocycles. The molecule has 446 valence electrons. The zero-order chi connectivity index (χ0) is 57.6. The lowest BCUT2D eigenvalue weighted by molar-refractivity contribution is -0.870. The molecular weight excluding hydrogens is 983 g/mol. The van der Waals surface area contributed by atoms with Gasteiger partial charge in [-0.2, -0.15) is 0 Å². The molecule has 0 fully saturated rings. The maximum Gasteiger partial charge on any atom is 0.306 e. The fourth-order valence-corrected chi connectivity index (χ4v) is 7.83. The first-order valence-corrected chi connectivity index (χ1v) is 31.0. The summed E-state index contributed by atoms with van der Waals surface area (Å²) in [5.74, 6) is -2.35. The maximum atomic E-state index is 12.9. The fraction of sp³-hybridized carbons (Fsp3) is 0.614. The highest BCUT2D eigenvalue weighted by atomic mass is 16.7. The molecule has 0 N–H and O–H groups in total. The minimum Gasteiger partial charge on any atom is -0.545 e. The first-order valence-electron chi connectivity index (χ1n) is 31.0. The Kier molecular flexibility index (Phi) is 55.7. The molecule has 0 aliphatic heterocycles. The van der Waals surface area contributed by atoms with Crippen LogP contribution in [0, 0.1) is 0 Å². The second kappa shape index (κ2) is 59.3. The van der Waals surface area contributed by atoms with Gasteiger partial charge in [0.05, 0.1) is 40.3 Å². The van der Waals surface area contributed by atoms with Gasteiger partial charge in [0, 0.05) is 12.8 Å². The Bertz CT molecular complexity index is 1800. The van der Waals surface area contributed by atoms with E-state index in [-0.39, 0.29) is 38.6 Å². The van der Waals surface area contributed by atoms with Crippen LogP contribution < -0.4 is 5.11 Å². The summed E-state index contributed by atoms with van der Waals surface area (Å²) in [5, 5.41) is 11.8. The van der Waals surface area contributed by atoms with Crippen LogP contribution in [-0.4, -0.2) is 82.3 Å². The number of rotatable bonds is 55. The highest BCUT2D eigenvalue weighted by molar-refractivity contribution is 5.70. The third-order valence-corrected chi connectivity index (χ3v) is 12.6. The highest BCUT2D eigenvalue weighted by Gasteiger charge is 2.22. The van der Waals surface area contributed by atoms with E-state index in [0.717, 1.165) is 122 Å². The van der Waals surface area contributed by atoms with E-state index in [1.807, 2.05) is 21.1 Å². The second-order valence-electron chi connectivity index (χ2n) is 21.3. The van der Waals surface area contributed by atoms with Gasteiger partial charge in [-0.3, -0.25) is 9.59 Å². The minimum atomic E-state index is -1.64. The number of carbonyl (C=O) groups excluding carboxylic acids is 3. The molecule has 0 radical (unpaired) electrons. The van der Waals surface area contributed by atoms with Crippen molar-refractivity contribution < 1.29 is 42.9 Å². The molecule has 0 spiro atoms. The monoisotopic (exact) mass is 1100 g/mol. The molecule has 9 heteroatoms. The second-order valence-corrected chi connectivity index (χ2v) is 21.3. The van der Waals surface area contributed by atoms with E-state index in [9.17, 15) is 19.5 Å². The Morgan fingerprint density at radius 1 is 0.392 bits per heavy atom.